The third-order valence-electron chi connectivity index (χ3n) is 3.70. The van der Waals surface area contributed by atoms with Gasteiger partial charge in [-0.3, -0.25) is 9.72 Å². The van der Waals surface area contributed by atoms with E-state index in [0.717, 1.165) is 22.7 Å². The molecule has 0 atom stereocenters. The quantitative estimate of drug-likeness (QED) is 0.746. The van der Waals surface area contributed by atoms with Crippen LogP contribution in [0.4, 0.5) is 10.6 Å². The number of hydrogen-bond donors (Lipinski definition) is 1. The number of imidazole rings is 1. The van der Waals surface area contributed by atoms with E-state index >= 15 is 0 Å². The van der Waals surface area contributed by atoms with Gasteiger partial charge in [-0.1, -0.05) is 30.3 Å². The molecule has 3 rings (SSSR count). The van der Waals surface area contributed by atoms with Crippen LogP contribution in [0.2, 0.25) is 0 Å². The Morgan fingerprint density at radius 2 is 1.88 bits per heavy atom. The van der Waals surface area contributed by atoms with Gasteiger partial charge in [0.2, 0.25) is 0 Å². The number of aromatic nitrogens is 2. The minimum Gasteiger partial charge on any atom is -0.487 e. The van der Waals surface area contributed by atoms with E-state index < -0.39 is 11.7 Å². The zero-order chi connectivity index (χ0) is 18.7. The molecule has 0 aliphatic carbocycles. The van der Waals surface area contributed by atoms with Crippen molar-refractivity contribution in [2.75, 3.05) is 5.32 Å². The number of hydrogen-bond acceptors (Lipinski definition) is 4. The number of nitrogens with zero attached hydrogens (tertiary/aromatic N) is 2. The average molecular weight is 353 g/mol. The maximum atomic E-state index is 11.9. The second kappa shape index (κ2) is 7.07. The number of rotatable bonds is 4. The summed E-state index contributed by atoms with van der Waals surface area (Å²) in [7, 11) is 0. The van der Waals surface area contributed by atoms with Crippen molar-refractivity contribution in [1.82, 2.24) is 9.38 Å². The van der Waals surface area contributed by atoms with Crippen LogP contribution in [0.25, 0.3) is 5.65 Å². The van der Waals surface area contributed by atoms with Crippen LogP contribution in [0, 0.1) is 6.92 Å². The summed E-state index contributed by atoms with van der Waals surface area (Å²) in [4.78, 5) is 16.3. The highest BCUT2D eigenvalue weighted by atomic mass is 16.6. The van der Waals surface area contributed by atoms with Gasteiger partial charge in [-0.25, -0.2) is 9.78 Å². The molecule has 136 valence electrons. The fourth-order valence-electron chi connectivity index (χ4n) is 2.53. The van der Waals surface area contributed by atoms with Crippen molar-refractivity contribution in [3.63, 3.8) is 0 Å². The van der Waals surface area contributed by atoms with Gasteiger partial charge in [-0.15, -0.1) is 0 Å². The molecule has 3 aromatic rings. The Kier molecular flexibility index (Phi) is 4.84. The molecule has 6 nitrogen and oxygen atoms in total. The first-order valence-electron chi connectivity index (χ1n) is 8.47. The monoisotopic (exact) mass is 353 g/mol. The standard InChI is InChI=1S/C20H23N3O3/c1-14-16(25-13-15-8-6-5-7-9-15)10-11-18-21-17(12-23(14)18)22-19(24)26-20(2,3)4/h5-12H,13H2,1-4H3,(H,22,24). The van der Waals surface area contributed by atoms with Gasteiger partial charge < -0.3 is 9.47 Å². The minimum atomic E-state index is -0.558. The topological polar surface area (TPSA) is 64.9 Å². The number of pyridine rings is 1. The van der Waals surface area contributed by atoms with Crippen molar-refractivity contribution in [2.45, 2.75) is 39.9 Å². The molecule has 0 saturated carbocycles. The number of carbonyl (C=O) groups excluding carboxylic acids is 1. The molecule has 6 heteroatoms. The Balaban J connectivity index is 1.75. The molecule has 1 amide bonds. The summed E-state index contributed by atoms with van der Waals surface area (Å²) in [6.07, 6.45) is 1.23. The molecule has 1 N–H and O–H groups in total. The molecule has 0 radical (unpaired) electrons. The number of nitrogens with one attached hydrogen (secondary N) is 1. The van der Waals surface area contributed by atoms with Gasteiger partial charge in [0.15, 0.2) is 5.82 Å². The predicted molar refractivity (Wildman–Crippen MR) is 101 cm³/mol. The molecule has 0 spiro atoms. The van der Waals surface area contributed by atoms with E-state index in [1.807, 2.05) is 74.6 Å². The summed E-state index contributed by atoms with van der Waals surface area (Å²) in [6.45, 7) is 7.89. The molecule has 1 aromatic carbocycles. The van der Waals surface area contributed by atoms with E-state index in [4.69, 9.17) is 9.47 Å². The number of aryl methyl sites for hydroxylation is 1. The normalized spacial score (nSPS) is 11.4. The predicted octanol–water partition coefficient (Wildman–Crippen LogP) is 4.57. The maximum Gasteiger partial charge on any atom is 0.413 e. The molecular weight excluding hydrogens is 330 g/mol. The summed E-state index contributed by atoms with van der Waals surface area (Å²) in [6, 6.07) is 13.7. The van der Waals surface area contributed by atoms with Gasteiger partial charge in [0.1, 0.15) is 23.6 Å². The lowest BCUT2D eigenvalue weighted by molar-refractivity contribution is 0.0635. The highest BCUT2D eigenvalue weighted by Gasteiger charge is 2.17. The molecular formula is C20H23N3O3. The lowest BCUT2D eigenvalue weighted by atomic mass is 10.2. The van der Waals surface area contributed by atoms with Gasteiger partial charge in [0, 0.05) is 0 Å². The molecule has 0 aliphatic rings. The van der Waals surface area contributed by atoms with E-state index in [0.29, 0.717) is 12.4 Å². The number of carbonyl (C=O) groups is 1. The Bertz CT molecular complexity index is 911. The maximum absolute atomic E-state index is 11.9. The first kappa shape index (κ1) is 17.8. The Labute approximate surface area is 152 Å². The zero-order valence-electron chi connectivity index (χ0n) is 15.4. The van der Waals surface area contributed by atoms with Crippen LogP contribution < -0.4 is 10.1 Å². The van der Waals surface area contributed by atoms with Crippen LogP contribution in [0.1, 0.15) is 32.0 Å². The van der Waals surface area contributed by atoms with Crippen LogP contribution in [-0.2, 0) is 11.3 Å². The summed E-state index contributed by atoms with van der Waals surface area (Å²) in [5.41, 5.74) is 2.17. The third-order valence-corrected chi connectivity index (χ3v) is 3.70. The van der Waals surface area contributed by atoms with Crippen LogP contribution >= 0.6 is 0 Å². The van der Waals surface area contributed by atoms with Crippen molar-refractivity contribution in [3.8, 4) is 5.75 Å². The second-order valence-corrected chi connectivity index (χ2v) is 7.04. The van der Waals surface area contributed by atoms with Gasteiger partial charge in [0.05, 0.1) is 11.9 Å². The Morgan fingerprint density at radius 3 is 2.58 bits per heavy atom. The summed E-state index contributed by atoms with van der Waals surface area (Å²) < 4.78 is 13.1. The zero-order valence-corrected chi connectivity index (χ0v) is 15.4. The van der Waals surface area contributed by atoms with E-state index in [9.17, 15) is 4.79 Å². The third kappa shape index (κ3) is 4.33. The van der Waals surface area contributed by atoms with Crippen molar-refractivity contribution in [2.24, 2.45) is 0 Å². The fraction of sp³-hybridized carbons (Fsp3) is 0.300. The molecule has 0 unspecified atom stereocenters. The summed E-state index contributed by atoms with van der Waals surface area (Å²) >= 11 is 0. The lowest BCUT2D eigenvalue weighted by Gasteiger charge is -2.18. The number of amides is 1. The van der Waals surface area contributed by atoms with Crippen LogP contribution in [0.5, 0.6) is 5.75 Å². The first-order valence-corrected chi connectivity index (χ1v) is 8.47. The number of benzene rings is 1. The molecule has 26 heavy (non-hydrogen) atoms. The van der Waals surface area contributed by atoms with Crippen LogP contribution in [0.3, 0.4) is 0 Å². The smallest absolute Gasteiger partial charge is 0.413 e. The highest BCUT2D eigenvalue weighted by Crippen LogP contribution is 2.23. The van der Waals surface area contributed by atoms with Crippen LogP contribution in [0.15, 0.2) is 48.7 Å². The largest absolute Gasteiger partial charge is 0.487 e. The van der Waals surface area contributed by atoms with Crippen molar-refractivity contribution >= 4 is 17.6 Å². The first-order chi connectivity index (χ1) is 12.3. The number of ether oxygens (including phenoxy) is 2. The SMILES string of the molecule is Cc1c(OCc2ccccc2)ccc2nc(NC(=O)OC(C)(C)C)cn12. The number of fused-ring (bicyclic) bond motifs is 1. The second-order valence-electron chi connectivity index (χ2n) is 7.04. The Morgan fingerprint density at radius 1 is 1.15 bits per heavy atom. The molecule has 0 bridgehead atoms. The molecule has 0 saturated heterocycles. The van der Waals surface area contributed by atoms with E-state index in [2.05, 4.69) is 10.3 Å². The van der Waals surface area contributed by atoms with Gasteiger partial charge in [0.25, 0.3) is 0 Å². The van der Waals surface area contributed by atoms with E-state index in [1.165, 1.54) is 0 Å². The lowest BCUT2D eigenvalue weighted by Crippen LogP contribution is -2.27. The fourth-order valence-corrected chi connectivity index (χ4v) is 2.53. The van der Waals surface area contributed by atoms with Crippen molar-refractivity contribution in [3.05, 3.63) is 59.9 Å². The average Bonchev–Trinajstić information content (AvgIpc) is 2.96. The highest BCUT2D eigenvalue weighted by molar-refractivity contribution is 5.84. The van der Waals surface area contributed by atoms with E-state index in [-0.39, 0.29) is 0 Å². The molecule has 0 aliphatic heterocycles. The summed E-state index contributed by atoms with van der Waals surface area (Å²) in [5, 5.41) is 2.66. The van der Waals surface area contributed by atoms with Crippen molar-refractivity contribution < 1.29 is 14.3 Å². The van der Waals surface area contributed by atoms with E-state index in [1.54, 1.807) is 6.20 Å². The minimum absolute atomic E-state index is 0.433. The van der Waals surface area contributed by atoms with Gasteiger partial charge in [-0.2, -0.15) is 0 Å². The summed E-state index contributed by atoms with van der Waals surface area (Å²) in [5.74, 6) is 1.20. The van der Waals surface area contributed by atoms with Gasteiger partial charge in [-0.05, 0) is 45.4 Å². The Hall–Kier alpha value is -3.02. The molecule has 2 aromatic heterocycles. The molecule has 0 fully saturated rings. The van der Waals surface area contributed by atoms with Crippen LogP contribution in [-0.4, -0.2) is 21.1 Å². The number of anilines is 1. The van der Waals surface area contributed by atoms with Gasteiger partial charge >= 0.3 is 6.09 Å². The molecule has 2 heterocycles. The van der Waals surface area contributed by atoms with Crippen molar-refractivity contribution in [1.29, 1.82) is 0 Å².